The summed E-state index contributed by atoms with van der Waals surface area (Å²) < 4.78 is 7.63. The van der Waals surface area contributed by atoms with Crippen LogP contribution in [0.5, 0.6) is 0 Å². The Morgan fingerprint density at radius 2 is 1.77 bits per heavy atom. The molecule has 5 heteroatoms. The van der Waals surface area contributed by atoms with Gasteiger partial charge in [-0.15, -0.1) is 0 Å². The van der Waals surface area contributed by atoms with E-state index in [9.17, 15) is 0 Å². The lowest BCUT2D eigenvalue weighted by molar-refractivity contribution is 0.393. The summed E-state index contributed by atoms with van der Waals surface area (Å²) >= 11 is 0. The van der Waals surface area contributed by atoms with Gasteiger partial charge in [-0.1, -0.05) is 47.1 Å². The molecular formula is C26H24N4O. The number of hydrogen-bond acceptors (Lipinski definition) is 4. The van der Waals surface area contributed by atoms with Crippen LogP contribution in [0, 0.1) is 20.8 Å². The van der Waals surface area contributed by atoms with Gasteiger partial charge >= 0.3 is 0 Å². The Hall–Kier alpha value is -3.73. The molecule has 3 heterocycles. The zero-order chi connectivity index (χ0) is 21.4. The van der Waals surface area contributed by atoms with Gasteiger partial charge in [0, 0.05) is 11.8 Å². The molecule has 0 aliphatic carbocycles. The zero-order valence-electron chi connectivity index (χ0n) is 17.9. The average Bonchev–Trinajstić information content (AvgIpc) is 3.36. The first kappa shape index (κ1) is 19.2. The van der Waals surface area contributed by atoms with Crippen LogP contribution in [0.2, 0.25) is 0 Å². The molecule has 0 aliphatic rings. The summed E-state index contributed by atoms with van der Waals surface area (Å²) in [6.07, 6.45) is 4.61. The zero-order valence-corrected chi connectivity index (χ0v) is 17.9. The molecule has 0 bridgehead atoms. The Kier molecular flexibility index (Phi) is 4.86. The van der Waals surface area contributed by atoms with Crippen LogP contribution in [0.15, 0.2) is 77.7 Å². The third kappa shape index (κ3) is 3.63. The molecular weight excluding hydrogens is 384 g/mol. The van der Waals surface area contributed by atoms with Gasteiger partial charge in [0.05, 0.1) is 34.8 Å². The van der Waals surface area contributed by atoms with Gasteiger partial charge < -0.3 is 9.09 Å². The van der Waals surface area contributed by atoms with Crippen LogP contribution in [-0.2, 0) is 6.42 Å². The third-order valence-corrected chi connectivity index (χ3v) is 5.81. The summed E-state index contributed by atoms with van der Waals surface area (Å²) in [5.74, 6) is 0.823. The van der Waals surface area contributed by atoms with Gasteiger partial charge in [0.2, 0.25) is 0 Å². The highest BCUT2D eigenvalue weighted by atomic mass is 16.5. The quantitative estimate of drug-likeness (QED) is 0.366. The number of pyridine rings is 1. The average molecular weight is 409 g/mol. The highest BCUT2D eigenvalue weighted by molar-refractivity contribution is 5.83. The molecule has 0 aliphatic heterocycles. The predicted octanol–water partition coefficient (Wildman–Crippen LogP) is 5.84. The number of aromatic nitrogens is 4. The Bertz CT molecular complexity index is 1310. The lowest BCUT2D eigenvalue weighted by atomic mass is 10.0. The Labute approximate surface area is 181 Å². The summed E-state index contributed by atoms with van der Waals surface area (Å²) in [7, 11) is 0. The van der Waals surface area contributed by atoms with Crippen molar-refractivity contribution in [1.29, 1.82) is 0 Å². The molecule has 5 aromatic rings. The fraction of sp³-hybridized carbons (Fsp3) is 0.192. The van der Waals surface area contributed by atoms with Crippen molar-refractivity contribution < 1.29 is 4.52 Å². The number of fused-ring (bicyclic) bond motifs is 1. The monoisotopic (exact) mass is 408 g/mol. The molecule has 154 valence electrons. The summed E-state index contributed by atoms with van der Waals surface area (Å²) in [5, 5.41) is 4.12. The minimum atomic E-state index is 0.0359. The van der Waals surface area contributed by atoms with E-state index in [1.165, 1.54) is 11.1 Å². The summed E-state index contributed by atoms with van der Waals surface area (Å²) in [5.41, 5.74) is 8.60. The Morgan fingerprint density at radius 1 is 0.935 bits per heavy atom. The lowest BCUT2D eigenvalue weighted by Crippen LogP contribution is -2.14. The first-order chi connectivity index (χ1) is 15.1. The molecule has 0 radical (unpaired) electrons. The van der Waals surface area contributed by atoms with Gasteiger partial charge in [0.15, 0.2) is 0 Å². The second-order valence-corrected chi connectivity index (χ2v) is 8.01. The van der Waals surface area contributed by atoms with E-state index in [2.05, 4.69) is 75.1 Å². The van der Waals surface area contributed by atoms with E-state index in [1.54, 1.807) is 0 Å². The van der Waals surface area contributed by atoms with E-state index < -0.39 is 0 Å². The highest BCUT2D eigenvalue weighted by Gasteiger charge is 2.20. The van der Waals surface area contributed by atoms with Crippen molar-refractivity contribution in [3.05, 3.63) is 101 Å². The molecule has 5 rings (SSSR count). The topological polar surface area (TPSA) is 56.7 Å². The van der Waals surface area contributed by atoms with E-state index in [1.807, 2.05) is 38.5 Å². The molecule has 2 aromatic carbocycles. The maximum Gasteiger partial charge on any atom is 0.141 e. The van der Waals surface area contributed by atoms with Gasteiger partial charge in [-0.3, -0.25) is 4.98 Å². The number of rotatable bonds is 5. The van der Waals surface area contributed by atoms with E-state index in [0.29, 0.717) is 0 Å². The third-order valence-electron chi connectivity index (χ3n) is 5.81. The van der Waals surface area contributed by atoms with E-state index >= 15 is 0 Å². The fourth-order valence-corrected chi connectivity index (χ4v) is 4.19. The molecule has 0 saturated heterocycles. The molecule has 0 fully saturated rings. The van der Waals surface area contributed by atoms with Crippen molar-refractivity contribution in [3.63, 3.8) is 0 Å². The van der Waals surface area contributed by atoms with Crippen LogP contribution in [0.25, 0.3) is 22.2 Å². The number of hydrogen-bond donors (Lipinski definition) is 0. The number of benzene rings is 2. The normalized spacial score (nSPS) is 12.4. The maximum absolute atomic E-state index is 5.40. The van der Waals surface area contributed by atoms with Crippen LogP contribution in [0.1, 0.15) is 34.3 Å². The van der Waals surface area contributed by atoms with Crippen molar-refractivity contribution >= 4 is 11.0 Å². The molecule has 0 N–H and O–H groups in total. The number of nitrogens with zero attached hydrogens (tertiary/aromatic N) is 4. The Morgan fingerprint density at radius 3 is 2.48 bits per heavy atom. The van der Waals surface area contributed by atoms with Crippen LogP contribution >= 0.6 is 0 Å². The van der Waals surface area contributed by atoms with Crippen molar-refractivity contribution in [3.8, 4) is 11.1 Å². The summed E-state index contributed by atoms with van der Waals surface area (Å²) in [6.45, 7) is 6.03. The molecule has 0 amide bonds. The standard InChI is InChI=1S/C26H24N4O/c1-17-7-9-20(10-8-17)14-24(22-6-4-5-13-27-22)30-16-28-23-12-11-21(15-25(23)30)26-18(2)29-31-19(26)3/h4-13,15-16,24H,14H2,1-3H3/t24-/m1/s1. The molecule has 31 heavy (non-hydrogen) atoms. The van der Waals surface area contributed by atoms with Gasteiger partial charge in [0.1, 0.15) is 5.76 Å². The lowest BCUT2D eigenvalue weighted by Gasteiger charge is -2.20. The molecule has 0 unspecified atom stereocenters. The molecule has 5 nitrogen and oxygen atoms in total. The van der Waals surface area contributed by atoms with E-state index in [0.717, 1.165) is 45.7 Å². The van der Waals surface area contributed by atoms with Crippen LogP contribution < -0.4 is 0 Å². The molecule has 0 spiro atoms. The van der Waals surface area contributed by atoms with Gasteiger partial charge in [0.25, 0.3) is 0 Å². The van der Waals surface area contributed by atoms with Gasteiger partial charge in [-0.25, -0.2) is 4.98 Å². The van der Waals surface area contributed by atoms with Gasteiger partial charge in [-0.05, 0) is 62.6 Å². The van der Waals surface area contributed by atoms with E-state index in [4.69, 9.17) is 4.52 Å². The number of aryl methyl sites for hydroxylation is 3. The predicted molar refractivity (Wildman–Crippen MR) is 122 cm³/mol. The second kappa shape index (κ2) is 7.84. The summed E-state index contributed by atoms with van der Waals surface area (Å²) in [6, 6.07) is 21.2. The second-order valence-electron chi connectivity index (χ2n) is 8.01. The minimum Gasteiger partial charge on any atom is -0.361 e. The van der Waals surface area contributed by atoms with Crippen LogP contribution in [0.4, 0.5) is 0 Å². The summed E-state index contributed by atoms with van der Waals surface area (Å²) in [4.78, 5) is 9.37. The van der Waals surface area contributed by atoms with Gasteiger partial charge in [-0.2, -0.15) is 0 Å². The van der Waals surface area contributed by atoms with Crippen molar-refractivity contribution in [2.75, 3.05) is 0 Å². The molecule has 3 aromatic heterocycles. The first-order valence-corrected chi connectivity index (χ1v) is 10.5. The minimum absolute atomic E-state index is 0.0359. The largest absolute Gasteiger partial charge is 0.361 e. The molecule has 0 saturated carbocycles. The van der Waals surface area contributed by atoms with Crippen molar-refractivity contribution in [2.24, 2.45) is 0 Å². The smallest absolute Gasteiger partial charge is 0.141 e. The molecule has 1 atom stereocenters. The number of imidazole rings is 1. The maximum atomic E-state index is 5.40. The highest BCUT2D eigenvalue weighted by Crippen LogP contribution is 2.32. The van der Waals surface area contributed by atoms with E-state index in [-0.39, 0.29) is 6.04 Å². The van der Waals surface area contributed by atoms with Crippen molar-refractivity contribution in [1.82, 2.24) is 19.7 Å². The SMILES string of the molecule is Cc1ccc(C[C@H](c2ccccn2)n2cnc3ccc(-c4c(C)noc4C)cc32)cc1. The first-order valence-electron chi connectivity index (χ1n) is 10.5. The van der Waals surface area contributed by atoms with Crippen LogP contribution in [0.3, 0.4) is 0 Å². The van der Waals surface area contributed by atoms with Crippen LogP contribution in [-0.4, -0.2) is 19.7 Å². The fourth-order valence-electron chi connectivity index (χ4n) is 4.19. The van der Waals surface area contributed by atoms with Crippen molar-refractivity contribution in [2.45, 2.75) is 33.2 Å². The Balaban J connectivity index is 1.64.